The number of benzene rings is 2. The highest BCUT2D eigenvalue weighted by molar-refractivity contribution is 6.30. The van der Waals surface area contributed by atoms with Crippen LogP contribution in [0.25, 0.3) is 0 Å². The van der Waals surface area contributed by atoms with Gasteiger partial charge in [-0.05, 0) is 67.6 Å². The average molecular weight is 451 g/mol. The first kappa shape index (κ1) is 22.2. The van der Waals surface area contributed by atoms with E-state index in [1.807, 2.05) is 17.0 Å². The number of rotatable bonds is 4. The summed E-state index contributed by atoms with van der Waals surface area (Å²) in [5, 5.41) is 0.651. The van der Waals surface area contributed by atoms with Gasteiger partial charge in [-0.3, -0.25) is 9.69 Å². The third kappa shape index (κ3) is 5.07. The van der Waals surface area contributed by atoms with Crippen LogP contribution in [0.4, 0.5) is 13.2 Å². The predicted octanol–water partition coefficient (Wildman–Crippen LogP) is 5.56. The molecule has 0 saturated carbocycles. The van der Waals surface area contributed by atoms with Gasteiger partial charge in [0.2, 0.25) is 5.91 Å². The van der Waals surface area contributed by atoms with E-state index >= 15 is 0 Å². The van der Waals surface area contributed by atoms with Crippen LogP contribution in [0.3, 0.4) is 0 Å². The Morgan fingerprint density at radius 2 is 1.55 bits per heavy atom. The van der Waals surface area contributed by atoms with Gasteiger partial charge in [0.1, 0.15) is 0 Å². The maximum absolute atomic E-state index is 13.0. The first-order valence-corrected chi connectivity index (χ1v) is 11.1. The van der Waals surface area contributed by atoms with Gasteiger partial charge in [-0.25, -0.2) is 0 Å². The Morgan fingerprint density at radius 1 is 0.935 bits per heavy atom. The van der Waals surface area contributed by atoms with Crippen LogP contribution in [0.1, 0.15) is 42.4 Å². The first-order valence-electron chi connectivity index (χ1n) is 10.7. The summed E-state index contributed by atoms with van der Waals surface area (Å²) < 4.78 is 38.6. The van der Waals surface area contributed by atoms with Crippen molar-refractivity contribution in [3.8, 4) is 0 Å². The molecule has 0 aliphatic carbocycles. The van der Waals surface area contributed by atoms with E-state index in [0.717, 1.165) is 62.0 Å². The van der Waals surface area contributed by atoms with Crippen molar-refractivity contribution >= 4 is 17.5 Å². The zero-order chi connectivity index (χ0) is 22.1. The Morgan fingerprint density at radius 3 is 2.19 bits per heavy atom. The lowest BCUT2D eigenvalue weighted by atomic mass is 9.85. The van der Waals surface area contributed by atoms with E-state index in [4.69, 9.17) is 11.6 Å². The quantitative estimate of drug-likeness (QED) is 0.609. The molecule has 2 aromatic carbocycles. The smallest absolute Gasteiger partial charge is 0.341 e. The second-order valence-corrected chi connectivity index (χ2v) is 9.10. The Hall–Kier alpha value is -2.05. The van der Waals surface area contributed by atoms with Gasteiger partial charge >= 0.3 is 6.18 Å². The van der Waals surface area contributed by atoms with Gasteiger partial charge in [0, 0.05) is 30.2 Å². The highest BCUT2D eigenvalue weighted by atomic mass is 35.5. The van der Waals surface area contributed by atoms with E-state index in [2.05, 4.69) is 4.90 Å². The second-order valence-electron chi connectivity index (χ2n) is 8.67. The molecule has 1 amide bonds. The van der Waals surface area contributed by atoms with Crippen molar-refractivity contribution in [3.63, 3.8) is 0 Å². The van der Waals surface area contributed by atoms with Crippen LogP contribution in [0.2, 0.25) is 5.02 Å². The summed E-state index contributed by atoms with van der Waals surface area (Å²) in [7, 11) is 0. The molecule has 2 aromatic rings. The molecule has 7 heteroatoms. The van der Waals surface area contributed by atoms with E-state index in [9.17, 15) is 18.0 Å². The number of hydrogen-bond donors (Lipinski definition) is 0. The fourth-order valence-electron chi connectivity index (χ4n) is 4.94. The number of amides is 1. The van der Waals surface area contributed by atoms with Gasteiger partial charge in [0.15, 0.2) is 0 Å². The number of carbonyl (C=O) groups excluding carboxylic acids is 1. The normalized spacial score (nSPS) is 22.3. The van der Waals surface area contributed by atoms with Crippen LogP contribution >= 0.6 is 11.6 Å². The number of nitrogens with zero attached hydrogens (tertiary/aromatic N) is 2. The molecule has 2 fully saturated rings. The third-order valence-electron chi connectivity index (χ3n) is 6.57. The summed E-state index contributed by atoms with van der Waals surface area (Å²) in [6.45, 7) is 2.94. The fraction of sp³-hybridized carbons (Fsp3) is 0.458. The van der Waals surface area contributed by atoms with Gasteiger partial charge in [0.05, 0.1) is 12.0 Å². The third-order valence-corrected chi connectivity index (χ3v) is 6.82. The average Bonchev–Trinajstić information content (AvgIpc) is 3.10. The molecule has 1 atom stereocenters. The van der Waals surface area contributed by atoms with Crippen molar-refractivity contribution < 1.29 is 18.0 Å². The standard InChI is InChI=1S/C24H26ClF3N2O/c25-21-9-5-18(6-10-21)15-22(31)29-13-1-11-23(17-29)12-2-14-30(23)16-19-3-7-20(8-4-19)24(26,27)28/h3-10H,1-2,11-17H2/t23-/m1/s1. The first-order chi connectivity index (χ1) is 14.7. The Bertz CT molecular complexity index is 914. The van der Waals surface area contributed by atoms with Gasteiger partial charge < -0.3 is 4.90 Å². The van der Waals surface area contributed by atoms with Gasteiger partial charge in [-0.1, -0.05) is 35.9 Å². The van der Waals surface area contributed by atoms with Crippen molar-refractivity contribution in [1.82, 2.24) is 9.80 Å². The monoisotopic (exact) mass is 450 g/mol. The van der Waals surface area contributed by atoms with Crippen LogP contribution < -0.4 is 0 Å². The molecule has 2 aliphatic heterocycles. The number of hydrogen-bond acceptors (Lipinski definition) is 2. The zero-order valence-electron chi connectivity index (χ0n) is 17.3. The fourth-order valence-corrected chi connectivity index (χ4v) is 5.06. The maximum Gasteiger partial charge on any atom is 0.416 e. The molecule has 4 rings (SSSR count). The molecule has 0 radical (unpaired) electrons. The summed E-state index contributed by atoms with van der Waals surface area (Å²) in [5.41, 5.74) is 1.11. The number of alkyl halides is 3. The summed E-state index contributed by atoms with van der Waals surface area (Å²) >= 11 is 5.94. The van der Waals surface area contributed by atoms with E-state index < -0.39 is 11.7 Å². The molecule has 166 valence electrons. The molecular weight excluding hydrogens is 425 g/mol. The van der Waals surface area contributed by atoms with Crippen LogP contribution in [-0.2, 0) is 23.9 Å². The van der Waals surface area contributed by atoms with Crippen LogP contribution in [0.15, 0.2) is 48.5 Å². The zero-order valence-corrected chi connectivity index (χ0v) is 18.1. The lowest BCUT2D eigenvalue weighted by molar-refractivity contribution is -0.137. The molecule has 31 heavy (non-hydrogen) atoms. The van der Waals surface area contributed by atoms with Crippen molar-refractivity contribution in [2.75, 3.05) is 19.6 Å². The summed E-state index contributed by atoms with van der Waals surface area (Å²) in [6.07, 6.45) is 0.0420. The Balaban J connectivity index is 1.43. The summed E-state index contributed by atoms with van der Waals surface area (Å²) in [5.74, 6) is 0.114. The largest absolute Gasteiger partial charge is 0.416 e. The predicted molar refractivity (Wildman–Crippen MR) is 115 cm³/mol. The molecule has 0 N–H and O–H groups in total. The topological polar surface area (TPSA) is 23.6 Å². The van der Waals surface area contributed by atoms with Crippen LogP contribution in [-0.4, -0.2) is 40.9 Å². The van der Waals surface area contributed by atoms with E-state index in [1.54, 1.807) is 24.3 Å². The molecule has 1 spiro atoms. The molecule has 2 saturated heterocycles. The highest BCUT2D eigenvalue weighted by Gasteiger charge is 2.44. The van der Waals surface area contributed by atoms with E-state index in [1.165, 1.54) is 0 Å². The molecule has 0 aromatic heterocycles. The van der Waals surface area contributed by atoms with E-state index in [-0.39, 0.29) is 11.4 Å². The Kier molecular flexibility index (Phi) is 6.31. The highest BCUT2D eigenvalue weighted by Crippen LogP contribution is 2.38. The van der Waals surface area contributed by atoms with Gasteiger partial charge in [-0.2, -0.15) is 13.2 Å². The van der Waals surface area contributed by atoms with Gasteiger partial charge in [-0.15, -0.1) is 0 Å². The molecule has 2 heterocycles. The van der Waals surface area contributed by atoms with Crippen LogP contribution in [0, 0.1) is 0 Å². The SMILES string of the molecule is O=C(Cc1ccc(Cl)cc1)N1CCC[C@@]2(CCCN2Cc2ccc(C(F)(F)F)cc2)C1. The molecule has 0 unspecified atom stereocenters. The number of halogens is 4. The lowest BCUT2D eigenvalue weighted by Crippen LogP contribution is -2.56. The minimum absolute atomic E-state index is 0.0867. The molecule has 2 aliphatic rings. The molecular formula is C24H26ClF3N2O. The minimum atomic E-state index is -4.32. The van der Waals surface area contributed by atoms with E-state index in [0.29, 0.717) is 24.5 Å². The lowest BCUT2D eigenvalue weighted by Gasteiger charge is -2.46. The number of likely N-dealkylation sites (tertiary alicyclic amines) is 2. The van der Waals surface area contributed by atoms with Crippen molar-refractivity contribution in [2.45, 2.75) is 50.4 Å². The Labute approximate surface area is 185 Å². The molecule has 0 bridgehead atoms. The number of carbonyl (C=O) groups is 1. The van der Waals surface area contributed by atoms with Crippen molar-refractivity contribution in [3.05, 3.63) is 70.2 Å². The minimum Gasteiger partial charge on any atom is -0.341 e. The van der Waals surface area contributed by atoms with Crippen molar-refractivity contribution in [1.29, 1.82) is 0 Å². The second kappa shape index (κ2) is 8.83. The number of piperidine rings is 1. The summed E-state index contributed by atoms with van der Waals surface area (Å²) in [6, 6.07) is 12.8. The molecule has 3 nitrogen and oxygen atoms in total. The summed E-state index contributed by atoms with van der Waals surface area (Å²) in [4.78, 5) is 17.3. The maximum atomic E-state index is 13.0. The van der Waals surface area contributed by atoms with Gasteiger partial charge in [0.25, 0.3) is 0 Å². The van der Waals surface area contributed by atoms with Crippen molar-refractivity contribution in [2.24, 2.45) is 0 Å². The van der Waals surface area contributed by atoms with Crippen LogP contribution in [0.5, 0.6) is 0 Å².